The Labute approximate surface area is 67.5 Å². The lowest BCUT2D eigenvalue weighted by molar-refractivity contribution is -0.123. The van der Waals surface area contributed by atoms with E-state index in [0.29, 0.717) is 0 Å². The molecule has 0 spiro atoms. The predicted molar refractivity (Wildman–Crippen MR) is 45.1 cm³/mol. The summed E-state index contributed by atoms with van der Waals surface area (Å²) >= 11 is 0. The lowest BCUT2D eigenvalue weighted by Gasteiger charge is -2.25. The van der Waals surface area contributed by atoms with Crippen molar-refractivity contribution >= 4 is 5.78 Å². The van der Waals surface area contributed by atoms with Crippen LogP contribution in [0.25, 0.3) is 0 Å². The molecule has 11 heavy (non-hydrogen) atoms. The molecule has 1 saturated carbocycles. The van der Waals surface area contributed by atoms with E-state index in [2.05, 4.69) is 6.58 Å². The van der Waals surface area contributed by atoms with Crippen LogP contribution < -0.4 is 5.73 Å². The van der Waals surface area contributed by atoms with Gasteiger partial charge in [0.15, 0.2) is 5.78 Å². The van der Waals surface area contributed by atoms with Crippen LogP contribution in [0.3, 0.4) is 0 Å². The third-order valence-corrected chi connectivity index (χ3v) is 2.78. The first-order valence-electron chi connectivity index (χ1n) is 4.03. The molecule has 2 heteroatoms. The van der Waals surface area contributed by atoms with Crippen molar-refractivity contribution in [3.8, 4) is 0 Å². The number of hydrogen-bond donors (Lipinski definition) is 1. The zero-order valence-electron chi connectivity index (χ0n) is 6.97. The maximum atomic E-state index is 11.3. The lowest BCUT2D eigenvalue weighted by Crippen LogP contribution is -2.40. The van der Waals surface area contributed by atoms with Crippen molar-refractivity contribution in [2.45, 2.75) is 32.2 Å². The number of hydrogen-bond acceptors (Lipinski definition) is 2. The van der Waals surface area contributed by atoms with Gasteiger partial charge in [-0.1, -0.05) is 19.9 Å². The van der Waals surface area contributed by atoms with Crippen LogP contribution in [0.1, 0.15) is 26.2 Å². The van der Waals surface area contributed by atoms with E-state index in [1.165, 1.54) is 6.08 Å². The van der Waals surface area contributed by atoms with E-state index in [1.807, 2.05) is 6.92 Å². The third-order valence-electron chi connectivity index (χ3n) is 2.78. The number of rotatable bonds is 2. The minimum absolute atomic E-state index is 0.0352. The molecule has 1 aliphatic rings. The fraction of sp³-hybridized carbons (Fsp3) is 0.667. The molecule has 1 rings (SSSR count). The van der Waals surface area contributed by atoms with E-state index in [-0.39, 0.29) is 17.2 Å². The van der Waals surface area contributed by atoms with Crippen LogP contribution in [0.5, 0.6) is 0 Å². The summed E-state index contributed by atoms with van der Waals surface area (Å²) in [4.78, 5) is 11.3. The average Bonchev–Trinajstić information content (AvgIpc) is 2.32. The summed E-state index contributed by atoms with van der Waals surface area (Å²) in [5, 5.41) is 0. The summed E-state index contributed by atoms with van der Waals surface area (Å²) in [6.45, 7) is 5.42. The van der Waals surface area contributed by atoms with Gasteiger partial charge in [0, 0.05) is 11.5 Å². The molecule has 0 saturated heterocycles. The summed E-state index contributed by atoms with van der Waals surface area (Å²) in [6, 6.07) is 0.0352. The second-order valence-corrected chi connectivity index (χ2v) is 3.48. The summed E-state index contributed by atoms with van der Waals surface area (Å²) in [7, 11) is 0. The number of carbonyl (C=O) groups is 1. The summed E-state index contributed by atoms with van der Waals surface area (Å²) in [5.74, 6) is 0.0995. The number of ketones is 1. The molecule has 2 unspecified atom stereocenters. The highest BCUT2D eigenvalue weighted by atomic mass is 16.1. The van der Waals surface area contributed by atoms with Crippen molar-refractivity contribution in [3.05, 3.63) is 12.7 Å². The molecular weight excluding hydrogens is 138 g/mol. The normalized spacial score (nSPS) is 37.1. The molecule has 0 radical (unpaired) electrons. The van der Waals surface area contributed by atoms with Crippen LogP contribution in [0.15, 0.2) is 12.7 Å². The SMILES string of the molecule is C=CC(=O)C1(C)CCCC1N. The Morgan fingerprint density at radius 2 is 2.45 bits per heavy atom. The van der Waals surface area contributed by atoms with Crippen molar-refractivity contribution in [1.82, 2.24) is 0 Å². The maximum Gasteiger partial charge on any atom is 0.162 e. The van der Waals surface area contributed by atoms with Gasteiger partial charge < -0.3 is 5.73 Å². The fourth-order valence-electron chi connectivity index (χ4n) is 1.73. The lowest BCUT2D eigenvalue weighted by atomic mass is 9.81. The minimum Gasteiger partial charge on any atom is -0.327 e. The van der Waals surface area contributed by atoms with Crippen LogP contribution >= 0.6 is 0 Å². The first-order valence-corrected chi connectivity index (χ1v) is 4.03. The zero-order chi connectivity index (χ0) is 8.48. The largest absolute Gasteiger partial charge is 0.327 e. The monoisotopic (exact) mass is 153 g/mol. The van der Waals surface area contributed by atoms with Crippen molar-refractivity contribution in [2.75, 3.05) is 0 Å². The highest BCUT2D eigenvalue weighted by molar-refractivity contribution is 5.94. The van der Waals surface area contributed by atoms with Crippen LogP contribution in [0.2, 0.25) is 0 Å². The Hall–Kier alpha value is -0.630. The molecular formula is C9H15NO. The first kappa shape index (κ1) is 8.47. The summed E-state index contributed by atoms with van der Waals surface area (Å²) < 4.78 is 0. The van der Waals surface area contributed by atoms with Crippen LogP contribution in [-0.4, -0.2) is 11.8 Å². The van der Waals surface area contributed by atoms with E-state index in [4.69, 9.17) is 5.73 Å². The molecule has 0 aromatic rings. The molecule has 2 atom stereocenters. The molecule has 0 aromatic heterocycles. The second kappa shape index (κ2) is 2.78. The van der Waals surface area contributed by atoms with Gasteiger partial charge in [-0.2, -0.15) is 0 Å². The van der Waals surface area contributed by atoms with Gasteiger partial charge >= 0.3 is 0 Å². The van der Waals surface area contributed by atoms with Gasteiger partial charge in [0.05, 0.1) is 0 Å². The highest BCUT2D eigenvalue weighted by Crippen LogP contribution is 2.37. The summed E-state index contributed by atoms with van der Waals surface area (Å²) in [5.41, 5.74) is 5.50. The fourth-order valence-corrected chi connectivity index (χ4v) is 1.73. The Morgan fingerprint density at radius 1 is 1.82 bits per heavy atom. The molecule has 1 fully saturated rings. The van der Waals surface area contributed by atoms with Crippen molar-refractivity contribution in [1.29, 1.82) is 0 Å². The van der Waals surface area contributed by atoms with Gasteiger partial charge in [-0.05, 0) is 18.9 Å². The minimum atomic E-state index is -0.318. The Bertz CT molecular complexity index is 188. The van der Waals surface area contributed by atoms with E-state index in [0.717, 1.165) is 19.3 Å². The first-order chi connectivity index (χ1) is 5.11. The maximum absolute atomic E-state index is 11.3. The molecule has 2 nitrogen and oxygen atoms in total. The quantitative estimate of drug-likeness (QED) is 0.607. The zero-order valence-corrected chi connectivity index (χ0v) is 6.97. The highest BCUT2D eigenvalue weighted by Gasteiger charge is 2.40. The van der Waals surface area contributed by atoms with Gasteiger partial charge in [-0.15, -0.1) is 0 Å². The molecule has 1 aliphatic carbocycles. The summed E-state index contributed by atoms with van der Waals surface area (Å²) in [6.07, 6.45) is 4.34. The smallest absolute Gasteiger partial charge is 0.162 e. The Kier molecular flexibility index (Phi) is 2.14. The molecule has 0 heterocycles. The molecule has 2 N–H and O–H groups in total. The predicted octanol–water partition coefficient (Wildman–Crippen LogP) is 1.26. The number of allylic oxidation sites excluding steroid dienone is 1. The van der Waals surface area contributed by atoms with Crippen molar-refractivity contribution < 1.29 is 4.79 Å². The van der Waals surface area contributed by atoms with Gasteiger partial charge in [-0.25, -0.2) is 0 Å². The van der Waals surface area contributed by atoms with Crippen LogP contribution in [0, 0.1) is 5.41 Å². The van der Waals surface area contributed by atoms with Gasteiger partial charge in [-0.3, -0.25) is 4.79 Å². The molecule has 62 valence electrons. The van der Waals surface area contributed by atoms with E-state index in [1.54, 1.807) is 0 Å². The van der Waals surface area contributed by atoms with Crippen molar-refractivity contribution in [3.63, 3.8) is 0 Å². The topological polar surface area (TPSA) is 43.1 Å². The van der Waals surface area contributed by atoms with Crippen LogP contribution in [0.4, 0.5) is 0 Å². The van der Waals surface area contributed by atoms with Crippen LogP contribution in [-0.2, 0) is 4.79 Å². The second-order valence-electron chi connectivity index (χ2n) is 3.48. The van der Waals surface area contributed by atoms with E-state index < -0.39 is 0 Å². The Balaban J connectivity index is 2.80. The molecule has 0 aromatic carbocycles. The molecule has 0 bridgehead atoms. The molecule has 0 aliphatic heterocycles. The average molecular weight is 153 g/mol. The standard InChI is InChI=1S/C9H15NO/c1-3-8(11)9(2)6-4-5-7(9)10/h3,7H,1,4-6,10H2,2H3. The van der Waals surface area contributed by atoms with E-state index in [9.17, 15) is 4.79 Å². The van der Waals surface area contributed by atoms with Gasteiger partial charge in [0.2, 0.25) is 0 Å². The Morgan fingerprint density at radius 3 is 2.82 bits per heavy atom. The van der Waals surface area contributed by atoms with E-state index >= 15 is 0 Å². The van der Waals surface area contributed by atoms with Gasteiger partial charge in [0.25, 0.3) is 0 Å². The third kappa shape index (κ3) is 1.23. The number of nitrogens with two attached hydrogens (primary N) is 1. The number of carbonyl (C=O) groups excluding carboxylic acids is 1. The van der Waals surface area contributed by atoms with Crippen molar-refractivity contribution in [2.24, 2.45) is 11.1 Å². The molecule has 0 amide bonds. The van der Waals surface area contributed by atoms with Gasteiger partial charge in [0.1, 0.15) is 0 Å².